The molecule has 1 spiro atoms. The van der Waals surface area contributed by atoms with E-state index in [0.29, 0.717) is 5.92 Å². The van der Waals surface area contributed by atoms with E-state index in [2.05, 4.69) is 4.90 Å². The van der Waals surface area contributed by atoms with Gasteiger partial charge in [0.2, 0.25) is 0 Å². The van der Waals surface area contributed by atoms with Crippen molar-refractivity contribution < 1.29 is 4.79 Å². The molecule has 3 heteroatoms. The van der Waals surface area contributed by atoms with Gasteiger partial charge < -0.3 is 4.90 Å². The van der Waals surface area contributed by atoms with Gasteiger partial charge in [0.25, 0.3) is 0 Å². The fourth-order valence-corrected chi connectivity index (χ4v) is 6.94. The molecule has 6 rings (SSSR count). The van der Waals surface area contributed by atoms with Crippen molar-refractivity contribution >= 4 is 11.5 Å². The minimum atomic E-state index is -0.0747. The molecular formula is C23H28N2O. The van der Waals surface area contributed by atoms with Gasteiger partial charge in [-0.15, -0.1) is 0 Å². The lowest BCUT2D eigenvalue weighted by atomic mass is 9.64. The maximum Gasteiger partial charge on any atom is 0.180 e. The number of nitrogens with zero attached hydrogens (tertiary/aromatic N) is 2. The normalized spacial score (nSPS) is 40.8. The third-order valence-electron chi connectivity index (χ3n) is 8.09. The molecule has 0 radical (unpaired) electrons. The summed E-state index contributed by atoms with van der Waals surface area (Å²) in [6.07, 6.45) is 20.1. The van der Waals surface area contributed by atoms with Crippen molar-refractivity contribution in [1.82, 2.24) is 4.90 Å². The zero-order valence-corrected chi connectivity index (χ0v) is 15.5. The van der Waals surface area contributed by atoms with Crippen LogP contribution in [0, 0.1) is 17.8 Å². The smallest absolute Gasteiger partial charge is 0.180 e. The number of hydrogen-bond donors (Lipinski definition) is 0. The van der Waals surface area contributed by atoms with Crippen molar-refractivity contribution in [3.63, 3.8) is 0 Å². The van der Waals surface area contributed by atoms with E-state index in [0.717, 1.165) is 29.7 Å². The van der Waals surface area contributed by atoms with Crippen LogP contribution in [-0.4, -0.2) is 22.1 Å². The molecule has 4 unspecified atom stereocenters. The molecular weight excluding hydrogens is 320 g/mol. The Kier molecular flexibility index (Phi) is 3.22. The van der Waals surface area contributed by atoms with Gasteiger partial charge in [0.05, 0.1) is 11.4 Å². The molecule has 26 heavy (non-hydrogen) atoms. The van der Waals surface area contributed by atoms with E-state index < -0.39 is 0 Å². The van der Waals surface area contributed by atoms with Crippen LogP contribution in [0.15, 0.2) is 40.2 Å². The summed E-state index contributed by atoms with van der Waals surface area (Å²) in [5.41, 5.74) is 5.39. The molecule has 0 amide bonds. The van der Waals surface area contributed by atoms with E-state index in [1.54, 1.807) is 17.3 Å². The average Bonchev–Trinajstić information content (AvgIpc) is 2.98. The number of hydrogen-bond acceptors (Lipinski definition) is 3. The van der Waals surface area contributed by atoms with Crippen LogP contribution in [0.5, 0.6) is 0 Å². The van der Waals surface area contributed by atoms with Crippen LogP contribution in [0.3, 0.4) is 0 Å². The van der Waals surface area contributed by atoms with Crippen molar-refractivity contribution in [2.75, 3.05) is 0 Å². The second-order valence-electron chi connectivity index (χ2n) is 9.39. The Morgan fingerprint density at radius 3 is 2.65 bits per heavy atom. The summed E-state index contributed by atoms with van der Waals surface area (Å²) in [6, 6.07) is 0. The van der Waals surface area contributed by atoms with E-state index in [1.807, 2.05) is 12.2 Å². The number of aliphatic imine (C=N–C) groups is 1. The quantitative estimate of drug-likeness (QED) is 0.583. The number of carbonyl (C=O) groups is 1. The summed E-state index contributed by atoms with van der Waals surface area (Å²) in [6.45, 7) is 0. The van der Waals surface area contributed by atoms with Crippen LogP contribution >= 0.6 is 0 Å². The van der Waals surface area contributed by atoms with E-state index in [4.69, 9.17) is 4.99 Å². The highest BCUT2D eigenvalue weighted by Gasteiger charge is 2.56. The Hall–Kier alpha value is -1.64. The Morgan fingerprint density at radius 1 is 0.962 bits per heavy atom. The molecule has 0 aromatic heterocycles. The molecule has 0 bridgehead atoms. The van der Waals surface area contributed by atoms with Crippen molar-refractivity contribution in [1.29, 1.82) is 0 Å². The minimum Gasteiger partial charge on any atom is -0.318 e. The zero-order valence-electron chi connectivity index (χ0n) is 15.5. The Balaban J connectivity index is 1.49. The molecule has 2 fully saturated rings. The lowest BCUT2D eigenvalue weighted by Gasteiger charge is -2.54. The Bertz CT molecular complexity index is 801. The molecule has 0 aromatic rings. The fraction of sp³-hybridized carbons (Fsp3) is 0.652. The van der Waals surface area contributed by atoms with Crippen molar-refractivity contribution in [3.8, 4) is 0 Å². The number of allylic oxidation sites excluding steroid dienone is 5. The molecule has 2 aliphatic heterocycles. The maximum absolute atomic E-state index is 12.2. The summed E-state index contributed by atoms with van der Waals surface area (Å²) >= 11 is 0. The van der Waals surface area contributed by atoms with Gasteiger partial charge in [-0.2, -0.15) is 0 Å². The molecule has 4 aliphatic carbocycles. The summed E-state index contributed by atoms with van der Waals surface area (Å²) in [5.74, 6) is 2.54. The zero-order chi connectivity index (χ0) is 17.3. The first kappa shape index (κ1) is 15.4. The molecule has 0 N–H and O–H groups in total. The number of carbonyl (C=O) groups excluding carboxylic acids is 1. The van der Waals surface area contributed by atoms with E-state index in [1.165, 1.54) is 64.2 Å². The standard InChI is InChI=1S/C23H28N2O/c26-19-8-9-20-22(14-19)25-21-13-16-6-2-1-5-15(16)11-17(21)12-18-7-3-4-10-23(18,25)24-20/h8-9,14-16,18H,1-7,10-13H2. The average molecular weight is 348 g/mol. The monoisotopic (exact) mass is 348 g/mol. The second-order valence-corrected chi connectivity index (χ2v) is 9.39. The van der Waals surface area contributed by atoms with Crippen LogP contribution < -0.4 is 0 Å². The molecule has 0 aromatic carbocycles. The van der Waals surface area contributed by atoms with Crippen LogP contribution in [0.4, 0.5) is 0 Å². The summed E-state index contributed by atoms with van der Waals surface area (Å²) in [7, 11) is 0. The minimum absolute atomic E-state index is 0.0747. The maximum atomic E-state index is 12.2. The van der Waals surface area contributed by atoms with Crippen molar-refractivity contribution in [2.45, 2.75) is 76.3 Å². The Labute approximate surface area is 155 Å². The molecule has 0 saturated heterocycles. The van der Waals surface area contributed by atoms with Crippen LogP contribution in [-0.2, 0) is 4.79 Å². The van der Waals surface area contributed by atoms with Crippen molar-refractivity contribution in [3.05, 3.63) is 35.2 Å². The third kappa shape index (κ3) is 2.00. The SMILES string of the molecule is O=C1C=CC2=NC34CCCCC3CC3=C(CC5CCCCC5C3)N4C2=C1. The number of fused-ring (bicyclic) bond motifs is 4. The highest BCUT2D eigenvalue weighted by Crippen LogP contribution is 2.58. The predicted octanol–water partition coefficient (Wildman–Crippen LogP) is 4.91. The highest BCUT2D eigenvalue weighted by molar-refractivity contribution is 6.20. The van der Waals surface area contributed by atoms with E-state index in [-0.39, 0.29) is 11.4 Å². The van der Waals surface area contributed by atoms with Gasteiger partial charge in [-0.25, -0.2) is 0 Å². The van der Waals surface area contributed by atoms with E-state index in [9.17, 15) is 4.79 Å². The fourth-order valence-electron chi connectivity index (χ4n) is 6.94. The van der Waals surface area contributed by atoms with Gasteiger partial charge in [-0.05, 0) is 80.9 Å². The number of rotatable bonds is 0. The molecule has 2 saturated carbocycles. The number of ketones is 1. The summed E-state index contributed by atoms with van der Waals surface area (Å²) in [4.78, 5) is 20.1. The van der Waals surface area contributed by atoms with Gasteiger partial charge in [-0.3, -0.25) is 9.79 Å². The second kappa shape index (κ2) is 5.43. The van der Waals surface area contributed by atoms with Gasteiger partial charge in [0, 0.05) is 17.7 Å². The molecule has 2 heterocycles. The van der Waals surface area contributed by atoms with Gasteiger partial charge in [0.1, 0.15) is 5.66 Å². The van der Waals surface area contributed by atoms with Gasteiger partial charge in [-0.1, -0.05) is 19.3 Å². The molecule has 3 nitrogen and oxygen atoms in total. The van der Waals surface area contributed by atoms with Gasteiger partial charge in [0.15, 0.2) is 5.78 Å². The summed E-state index contributed by atoms with van der Waals surface area (Å²) in [5, 5.41) is 0. The first-order valence-corrected chi connectivity index (χ1v) is 10.8. The molecule has 4 atom stereocenters. The van der Waals surface area contributed by atoms with Gasteiger partial charge >= 0.3 is 0 Å². The largest absolute Gasteiger partial charge is 0.318 e. The van der Waals surface area contributed by atoms with Crippen LogP contribution in [0.25, 0.3) is 0 Å². The Morgan fingerprint density at radius 2 is 1.77 bits per heavy atom. The topological polar surface area (TPSA) is 32.7 Å². The molecule has 136 valence electrons. The first-order chi connectivity index (χ1) is 12.7. The van der Waals surface area contributed by atoms with Crippen LogP contribution in [0.2, 0.25) is 0 Å². The van der Waals surface area contributed by atoms with Crippen LogP contribution in [0.1, 0.15) is 70.6 Å². The lowest BCUT2D eigenvalue weighted by molar-refractivity contribution is -0.110. The highest BCUT2D eigenvalue weighted by atomic mass is 16.1. The lowest BCUT2D eigenvalue weighted by Crippen LogP contribution is -2.54. The van der Waals surface area contributed by atoms with Crippen molar-refractivity contribution in [2.24, 2.45) is 22.7 Å². The summed E-state index contributed by atoms with van der Waals surface area (Å²) < 4.78 is 0. The van der Waals surface area contributed by atoms with E-state index >= 15 is 0 Å². The molecule has 6 aliphatic rings. The predicted molar refractivity (Wildman–Crippen MR) is 103 cm³/mol. The first-order valence-electron chi connectivity index (χ1n) is 10.8. The third-order valence-corrected chi connectivity index (χ3v) is 8.09.